The average Bonchev–Trinajstić information content (AvgIpc) is 3.00. The smallest absolute Gasteiger partial charge is 0.224 e. The molecule has 3 N–H and O–H groups in total. The van der Waals surface area contributed by atoms with Crippen molar-refractivity contribution in [2.75, 3.05) is 5.32 Å². The van der Waals surface area contributed by atoms with Crippen LogP contribution >= 0.6 is 12.4 Å². The summed E-state index contributed by atoms with van der Waals surface area (Å²) < 4.78 is 5.79. The van der Waals surface area contributed by atoms with Crippen LogP contribution < -0.4 is 15.8 Å². The van der Waals surface area contributed by atoms with Crippen molar-refractivity contribution in [2.45, 2.75) is 38.3 Å². The molecule has 134 valence electrons. The van der Waals surface area contributed by atoms with Gasteiger partial charge in [-0.15, -0.1) is 12.4 Å². The van der Waals surface area contributed by atoms with Gasteiger partial charge in [-0.3, -0.25) is 4.79 Å². The third-order valence-corrected chi connectivity index (χ3v) is 4.59. The largest absolute Gasteiger partial charge is 0.489 e. The number of amides is 1. The zero-order valence-corrected chi connectivity index (χ0v) is 15.0. The Morgan fingerprint density at radius 3 is 2.52 bits per heavy atom. The minimum atomic E-state index is 0. The second-order valence-electron chi connectivity index (χ2n) is 6.37. The van der Waals surface area contributed by atoms with E-state index in [1.165, 1.54) is 0 Å². The lowest BCUT2D eigenvalue weighted by atomic mass is 10.00. The maximum atomic E-state index is 12.3. The van der Waals surface area contributed by atoms with E-state index in [0.717, 1.165) is 36.3 Å². The Morgan fingerprint density at radius 2 is 1.80 bits per heavy atom. The quantitative estimate of drug-likeness (QED) is 0.813. The number of halogens is 1. The van der Waals surface area contributed by atoms with Crippen LogP contribution in [0.1, 0.15) is 31.2 Å². The number of nitrogens with one attached hydrogen (secondary N) is 1. The van der Waals surface area contributed by atoms with Crippen LogP contribution in [0.5, 0.6) is 5.75 Å². The molecule has 2 atom stereocenters. The van der Waals surface area contributed by atoms with E-state index < -0.39 is 0 Å². The molecule has 1 amide bonds. The molecule has 0 heterocycles. The fourth-order valence-corrected chi connectivity index (χ4v) is 3.20. The van der Waals surface area contributed by atoms with Crippen LogP contribution in [0.4, 0.5) is 5.69 Å². The summed E-state index contributed by atoms with van der Waals surface area (Å²) in [6.07, 6.45) is 3.70. The van der Waals surface area contributed by atoms with Crippen molar-refractivity contribution in [3.05, 3.63) is 60.2 Å². The SMILES string of the molecule is Cl.N[C@@H]1CCC[C@H]1CC(=O)Nc1ccccc1COc1ccccc1. The van der Waals surface area contributed by atoms with Crippen molar-refractivity contribution in [1.29, 1.82) is 0 Å². The summed E-state index contributed by atoms with van der Waals surface area (Å²) in [5, 5.41) is 3.02. The minimum Gasteiger partial charge on any atom is -0.489 e. The summed E-state index contributed by atoms with van der Waals surface area (Å²) in [4.78, 5) is 12.3. The minimum absolute atomic E-state index is 0. The van der Waals surface area contributed by atoms with Crippen LogP contribution in [0.3, 0.4) is 0 Å². The monoisotopic (exact) mass is 360 g/mol. The molecule has 0 aromatic heterocycles. The highest BCUT2D eigenvalue weighted by Crippen LogP contribution is 2.27. The topological polar surface area (TPSA) is 64.4 Å². The lowest BCUT2D eigenvalue weighted by Crippen LogP contribution is -2.28. The summed E-state index contributed by atoms with van der Waals surface area (Å²) in [5.74, 6) is 1.15. The Bertz CT molecular complexity index is 678. The van der Waals surface area contributed by atoms with Crippen molar-refractivity contribution in [2.24, 2.45) is 11.7 Å². The van der Waals surface area contributed by atoms with Crippen LogP contribution in [0.2, 0.25) is 0 Å². The lowest BCUT2D eigenvalue weighted by molar-refractivity contribution is -0.117. The van der Waals surface area contributed by atoms with Gasteiger partial charge in [0.1, 0.15) is 12.4 Å². The van der Waals surface area contributed by atoms with E-state index in [9.17, 15) is 4.79 Å². The number of anilines is 1. The first-order chi connectivity index (χ1) is 11.7. The predicted molar refractivity (Wildman–Crippen MR) is 103 cm³/mol. The summed E-state index contributed by atoms with van der Waals surface area (Å²) in [6.45, 7) is 0.420. The van der Waals surface area contributed by atoms with Gasteiger partial charge in [0.05, 0.1) is 0 Å². The van der Waals surface area contributed by atoms with Crippen LogP contribution in [0.15, 0.2) is 54.6 Å². The molecule has 4 nitrogen and oxygen atoms in total. The van der Waals surface area contributed by atoms with Gasteiger partial charge in [-0.1, -0.05) is 42.8 Å². The molecule has 0 spiro atoms. The number of nitrogens with two attached hydrogens (primary N) is 1. The van der Waals surface area contributed by atoms with Crippen LogP contribution in [-0.2, 0) is 11.4 Å². The first-order valence-corrected chi connectivity index (χ1v) is 8.53. The van der Waals surface area contributed by atoms with Gasteiger partial charge in [0, 0.05) is 23.7 Å². The molecule has 1 saturated carbocycles. The number of ether oxygens (including phenoxy) is 1. The van der Waals surface area contributed by atoms with E-state index >= 15 is 0 Å². The second kappa shape index (κ2) is 9.44. The summed E-state index contributed by atoms with van der Waals surface area (Å²) >= 11 is 0. The zero-order valence-electron chi connectivity index (χ0n) is 14.2. The molecular formula is C20H25ClN2O2. The molecular weight excluding hydrogens is 336 g/mol. The number of carbonyl (C=O) groups excluding carboxylic acids is 1. The van der Waals surface area contributed by atoms with E-state index in [1.54, 1.807) is 0 Å². The average molecular weight is 361 g/mol. The summed E-state index contributed by atoms with van der Waals surface area (Å²) in [7, 11) is 0. The molecule has 0 radical (unpaired) electrons. The van der Waals surface area contributed by atoms with E-state index in [0.29, 0.717) is 18.9 Å². The molecule has 5 heteroatoms. The second-order valence-corrected chi connectivity index (χ2v) is 6.37. The van der Waals surface area contributed by atoms with Gasteiger partial charge >= 0.3 is 0 Å². The fraction of sp³-hybridized carbons (Fsp3) is 0.350. The highest BCUT2D eigenvalue weighted by molar-refractivity contribution is 5.91. The molecule has 0 bridgehead atoms. The van der Waals surface area contributed by atoms with Gasteiger partial charge in [0.15, 0.2) is 0 Å². The maximum Gasteiger partial charge on any atom is 0.224 e. The van der Waals surface area contributed by atoms with Crippen LogP contribution in [0, 0.1) is 5.92 Å². The van der Waals surface area contributed by atoms with Crippen molar-refractivity contribution < 1.29 is 9.53 Å². The Hall–Kier alpha value is -2.04. The van der Waals surface area contributed by atoms with E-state index in [2.05, 4.69) is 5.32 Å². The molecule has 0 saturated heterocycles. The molecule has 1 fully saturated rings. The predicted octanol–water partition coefficient (Wildman–Crippen LogP) is 4.14. The van der Waals surface area contributed by atoms with E-state index in [4.69, 9.17) is 10.5 Å². The molecule has 2 aromatic carbocycles. The third kappa shape index (κ3) is 5.48. The van der Waals surface area contributed by atoms with E-state index in [-0.39, 0.29) is 24.4 Å². The van der Waals surface area contributed by atoms with Crippen molar-refractivity contribution in [3.8, 4) is 5.75 Å². The standard InChI is InChI=1S/C20H24N2O2.ClH/c21-18-11-6-8-15(18)13-20(23)22-19-12-5-4-7-16(19)14-24-17-9-2-1-3-10-17;/h1-5,7,9-10,12,15,18H,6,8,11,13-14,21H2,(H,22,23);1H/t15-,18+;/m0./s1. The Balaban J connectivity index is 0.00000225. The van der Waals surface area contributed by atoms with Gasteiger partial charge in [-0.2, -0.15) is 0 Å². The molecule has 0 aliphatic heterocycles. The van der Waals surface area contributed by atoms with Crippen LogP contribution in [0.25, 0.3) is 0 Å². The maximum absolute atomic E-state index is 12.3. The van der Waals surface area contributed by atoms with Gasteiger partial charge in [-0.05, 0) is 37.0 Å². The van der Waals surface area contributed by atoms with Crippen LogP contribution in [-0.4, -0.2) is 11.9 Å². The van der Waals surface area contributed by atoms with Crippen molar-refractivity contribution in [1.82, 2.24) is 0 Å². The third-order valence-electron chi connectivity index (χ3n) is 4.59. The number of carbonyl (C=O) groups is 1. The molecule has 0 unspecified atom stereocenters. The zero-order chi connectivity index (χ0) is 16.8. The molecule has 1 aliphatic rings. The number of hydrogen-bond donors (Lipinski definition) is 2. The van der Waals surface area contributed by atoms with Gasteiger partial charge in [0.25, 0.3) is 0 Å². The fourth-order valence-electron chi connectivity index (χ4n) is 3.20. The first kappa shape index (κ1) is 19.3. The number of rotatable bonds is 6. The Labute approximate surface area is 155 Å². The molecule has 1 aliphatic carbocycles. The first-order valence-electron chi connectivity index (χ1n) is 8.53. The van der Waals surface area contributed by atoms with Crippen molar-refractivity contribution in [3.63, 3.8) is 0 Å². The molecule has 2 aromatic rings. The normalized spacial score (nSPS) is 19.1. The van der Waals surface area contributed by atoms with Gasteiger partial charge < -0.3 is 15.8 Å². The van der Waals surface area contributed by atoms with Crippen molar-refractivity contribution >= 4 is 24.0 Å². The number of hydrogen-bond acceptors (Lipinski definition) is 3. The number of benzene rings is 2. The number of para-hydroxylation sites is 2. The lowest BCUT2D eigenvalue weighted by Gasteiger charge is -2.16. The highest BCUT2D eigenvalue weighted by Gasteiger charge is 2.26. The summed E-state index contributed by atoms with van der Waals surface area (Å²) in [6, 6.07) is 17.6. The summed E-state index contributed by atoms with van der Waals surface area (Å²) in [5.41, 5.74) is 7.84. The Morgan fingerprint density at radius 1 is 1.08 bits per heavy atom. The van der Waals surface area contributed by atoms with E-state index in [1.807, 2.05) is 54.6 Å². The Kier molecular flexibility index (Phi) is 7.29. The highest BCUT2D eigenvalue weighted by atomic mass is 35.5. The van der Waals surface area contributed by atoms with Gasteiger partial charge in [0.2, 0.25) is 5.91 Å². The van der Waals surface area contributed by atoms with Gasteiger partial charge in [-0.25, -0.2) is 0 Å². The molecule has 25 heavy (non-hydrogen) atoms. The molecule has 3 rings (SSSR count).